The van der Waals surface area contributed by atoms with Crippen molar-refractivity contribution in [1.29, 1.82) is 0 Å². The molecule has 1 aromatic heterocycles. The summed E-state index contributed by atoms with van der Waals surface area (Å²) in [4.78, 5) is 9.64. The standard InChI is InChI=1S/C18H23N3/c1-4-19-18-15-7-5-6-8-16(15)20-17(21-18)14-10-9-12(2)13(3)11-14/h9-11H,4-8H2,1-3H3,(H,19,20,21). The first kappa shape index (κ1) is 14.1. The van der Waals surface area contributed by atoms with E-state index in [-0.39, 0.29) is 0 Å². The Morgan fingerprint density at radius 3 is 2.62 bits per heavy atom. The highest BCUT2D eigenvalue weighted by Gasteiger charge is 2.18. The van der Waals surface area contributed by atoms with Crippen LogP contribution in [0.15, 0.2) is 18.2 Å². The molecule has 0 unspecified atom stereocenters. The number of aryl methyl sites for hydroxylation is 3. The van der Waals surface area contributed by atoms with Crippen LogP contribution in [0.2, 0.25) is 0 Å². The lowest BCUT2D eigenvalue weighted by Gasteiger charge is -2.19. The summed E-state index contributed by atoms with van der Waals surface area (Å²) in [6.45, 7) is 7.29. The maximum Gasteiger partial charge on any atom is 0.161 e. The lowest BCUT2D eigenvalue weighted by Crippen LogP contribution is -2.13. The van der Waals surface area contributed by atoms with Crippen molar-refractivity contribution in [2.75, 3.05) is 11.9 Å². The molecule has 0 aliphatic heterocycles. The summed E-state index contributed by atoms with van der Waals surface area (Å²) in [6, 6.07) is 6.47. The average molecular weight is 281 g/mol. The Hall–Kier alpha value is -1.90. The number of fused-ring (bicyclic) bond motifs is 1. The van der Waals surface area contributed by atoms with E-state index in [2.05, 4.69) is 44.3 Å². The molecule has 3 rings (SSSR count). The largest absolute Gasteiger partial charge is 0.370 e. The van der Waals surface area contributed by atoms with Gasteiger partial charge in [0.2, 0.25) is 0 Å². The molecule has 0 fully saturated rings. The first-order chi connectivity index (χ1) is 10.2. The molecule has 1 heterocycles. The number of hydrogen-bond acceptors (Lipinski definition) is 3. The van der Waals surface area contributed by atoms with Crippen molar-refractivity contribution in [3.63, 3.8) is 0 Å². The van der Waals surface area contributed by atoms with Gasteiger partial charge in [0.25, 0.3) is 0 Å². The second kappa shape index (κ2) is 5.84. The van der Waals surface area contributed by atoms with E-state index < -0.39 is 0 Å². The van der Waals surface area contributed by atoms with E-state index in [9.17, 15) is 0 Å². The van der Waals surface area contributed by atoms with E-state index in [0.717, 1.165) is 36.6 Å². The molecule has 1 N–H and O–H groups in total. The van der Waals surface area contributed by atoms with Crippen molar-refractivity contribution in [2.24, 2.45) is 0 Å². The summed E-state index contributed by atoms with van der Waals surface area (Å²) in [5, 5.41) is 3.42. The van der Waals surface area contributed by atoms with Gasteiger partial charge in [0.1, 0.15) is 5.82 Å². The number of anilines is 1. The van der Waals surface area contributed by atoms with Crippen LogP contribution in [-0.2, 0) is 12.8 Å². The quantitative estimate of drug-likeness (QED) is 0.921. The maximum absolute atomic E-state index is 4.85. The molecular formula is C18H23N3. The van der Waals surface area contributed by atoms with Crippen LogP contribution in [0.5, 0.6) is 0 Å². The van der Waals surface area contributed by atoms with Crippen LogP contribution in [0.4, 0.5) is 5.82 Å². The van der Waals surface area contributed by atoms with Gasteiger partial charge >= 0.3 is 0 Å². The van der Waals surface area contributed by atoms with Gasteiger partial charge in [-0.1, -0.05) is 12.1 Å². The molecule has 3 heteroatoms. The highest BCUT2D eigenvalue weighted by molar-refractivity contribution is 5.61. The second-order valence-corrected chi connectivity index (χ2v) is 5.86. The fraction of sp³-hybridized carbons (Fsp3) is 0.444. The lowest BCUT2D eigenvalue weighted by atomic mass is 9.96. The maximum atomic E-state index is 4.85. The minimum Gasteiger partial charge on any atom is -0.370 e. The van der Waals surface area contributed by atoms with Crippen molar-refractivity contribution in [2.45, 2.75) is 46.5 Å². The first-order valence-electron chi connectivity index (χ1n) is 7.90. The summed E-state index contributed by atoms with van der Waals surface area (Å²) in [5.74, 6) is 1.89. The van der Waals surface area contributed by atoms with Gasteiger partial charge in [-0.25, -0.2) is 9.97 Å². The Kier molecular flexibility index (Phi) is 3.91. The molecular weight excluding hydrogens is 258 g/mol. The van der Waals surface area contributed by atoms with Crippen LogP contribution in [0.3, 0.4) is 0 Å². The fourth-order valence-corrected chi connectivity index (χ4v) is 2.92. The third kappa shape index (κ3) is 2.78. The molecule has 21 heavy (non-hydrogen) atoms. The van der Waals surface area contributed by atoms with Gasteiger partial charge in [-0.3, -0.25) is 0 Å². The van der Waals surface area contributed by atoms with Gasteiger partial charge in [-0.05, 0) is 63.6 Å². The second-order valence-electron chi connectivity index (χ2n) is 5.86. The minimum absolute atomic E-state index is 0.856. The van der Waals surface area contributed by atoms with Crippen LogP contribution in [0.25, 0.3) is 11.4 Å². The third-order valence-corrected chi connectivity index (χ3v) is 4.29. The van der Waals surface area contributed by atoms with E-state index in [1.54, 1.807) is 0 Å². The molecule has 0 atom stereocenters. The Morgan fingerprint density at radius 1 is 1.05 bits per heavy atom. The van der Waals surface area contributed by atoms with Crippen LogP contribution >= 0.6 is 0 Å². The topological polar surface area (TPSA) is 37.8 Å². The number of nitrogens with one attached hydrogen (secondary N) is 1. The Balaban J connectivity index is 2.09. The molecule has 1 aliphatic rings. The van der Waals surface area contributed by atoms with Crippen molar-refractivity contribution in [3.05, 3.63) is 40.6 Å². The molecule has 1 aromatic carbocycles. The first-order valence-corrected chi connectivity index (χ1v) is 7.90. The number of nitrogens with zero attached hydrogens (tertiary/aromatic N) is 2. The third-order valence-electron chi connectivity index (χ3n) is 4.29. The molecule has 110 valence electrons. The number of benzene rings is 1. The van der Waals surface area contributed by atoms with Crippen LogP contribution in [0, 0.1) is 13.8 Å². The summed E-state index contributed by atoms with van der Waals surface area (Å²) in [7, 11) is 0. The smallest absolute Gasteiger partial charge is 0.161 e. The van der Waals surface area contributed by atoms with Crippen LogP contribution < -0.4 is 5.32 Å². The van der Waals surface area contributed by atoms with Crippen molar-refractivity contribution in [3.8, 4) is 11.4 Å². The van der Waals surface area contributed by atoms with Gasteiger partial charge in [-0.15, -0.1) is 0 Å². The highest BCUT2D eigenvalue weighted by Crippen LogP contribution is 2.29. The molecule has 0 saturated heterocycles. The molecule has 0 radical (unpaired) electrons. The number of aromatic nitrogens is 2. The zero-order chi connectivity index (χ0) is 14.8. The molecule has 1 aliphatic carbocycles. The summed E-state index contributed by atoms with van der Waals surface area (Å²) in [5.41, 5.74) is 6.28. The molecule has 0 saturated carbocycles. The van der Waals surface area contributed by atoms with Gasteiger partial charge in [0.05, 0.1) is 0 Å². The Labute approximate surface area is 126 Å². The monoisotopic (exact) mass is 281 g/mol. The zero-order valence-corrected chi connectivity index (χ0v) is 13.2. The lowest BCUT2D eigenvalue weighted by molar-refractivity contribution is 0.664. The average Bonchev–Trinajstić information content (AvgIpc) is 2.50. The predicted octanol–water partition coefficient (Wildman–Crippen LogP) is 4.07. The van der Waals surface area contributed by atoms with E-state index in [1.807, 2.05) is 0 Å². The normalized spacial score (nSPS) is 13.9. The van der Waals surface area contributed by atoms with Gasteiger partial charge in [0.15, 0.2) is 5.82 Å². The van der Waals surface area contributed by atoms with E-state index in [0.29, 0.717) is 0 Å². The Morgan fingerprint density at radius 2 is 1.86 bits per heavy atom. The number of hydrogen-bond donors (Lipinski definition) is 1. The fourth-order valence-electron chi connectivity index (χ4n) is 2.92. The summed E-state index contributed by atoms with van der Waals surface area (Å²) >= 11 is 0. The molecule has 3 nitrogen and oxygen atoms in total. The predicted molar refractivity (Wildman–Crippen MR) is 87.7 cm³/mol. The van der Waals surface area contributed by atoms with Gasteiger partial charge in [-0.2, -0.15) is 0 Å². The van der Waals surface area contributed by atoms with E-state index in [1.165, 1.54) is 35.2 Å². The van der Waals surface area contributed by atoms with E-state index in [4.69, 9.17) is 9.97 Å². The number of rotatable bonds is 3. The van der Waals surface area contributed by atoms with Gasteiger partial charge < -0.3 is 5.32 Å². The molecule has 0 amide bonds. The van der Waals surface area contributed by atoms with Crippen molar-refractivity contribution < 1.29 is 0 Å². The van der Waals surface area contributed by atoms with Crippen LogP contribution in [0.1, 0.15) is 42.1 Å². The summed E-state index contributed by atoms with van der Waals surface area (Å²) in [6.07, 6.45) is 4.67. The Bertz CT molecular complexity index is 662. The SMILES string of the molecule is CCNc1nc(-c2ccc(C)c(C)c2)nc2c1CCCC2. The van der Waals surface area contributed by atoms with Crippen molar-refractivity contribution >= 4 is 5.82 Å². The zero-order valence-electron chi connectivity index (χ0n) is 13.2. The molecule has 2 aromatic rings. The van der Waals surface area contributed by atoms with Gasteiger partial charge in [0, 0.05) is 23.4 Å². The molecule has 0 spiro atoms. The van der Waals surface area contributed by atoms with Crippen LogP contribution in [-0.4, -0.2) is 16.5 Å². The van der Waals surface area contributed by atoms with E-state index >= 15 is 0 Å². The highest BCUT2D eigenvalue weighted by atomic mass is 15.0. The summed E-state index contributed by atoms with van der Waals surface area (Å²) < 4.78 is 0. The van der Waals surface area contributed by atoms with Crippen molar-refractivity contribution in [1.82, 2.24) is 9.97 Å². The minimum atomic E-state index is 0.856. The molecule has 0 bridgehead atoms.